The van der Waals surface area contributed by atoms with Gasteiger partial charge in [0.1, 0.15) is 0 Å². The van der Waals surface area contributed by atoms with Crippen LogP contribution in [0.25, 0.3) is 0 Å². The SMILES string of the molecule is c1cncc(CN2CCC3(C2)CN(Cc2ccsc2)C3)c1. The van der Waals surface area contributed by atoms with Crippen molar-refractivity contribution >= 4 is 11.3 Å². The molecule has 0 atom stereocenters. The molecule has 0 radical (unpaired) electrons. The normalized spacial score (nSPS) is 21.7. The van der Waals surface area contributed by atoms with E-state index >= 15 is 0 Å². The highest BCUT2D eigenvalue weighted by molar-refractivity contribution is 7.07. The monoisotopic (exact) mass is 299 g/mol. The molecule has 2 fully saturated rings. The number of thiophene rings is 1. The summed E-state index contributed by atoms with van der Waals surface area (Å²) >= 11 is 1.80. The average Bonchev–Trinajstić information content (AvgIpc) is 3.10. The van der Waals surface area contributed by atoms with Gasteiger partial charge in [-0.1, -0.05) is 6.07 Å². The van der Waals surface area contributed by atoms with Gasteiger partial charge in [-0.2, -0.15) is 11.3 Å². The van der Waals surface area contributed by atoms with Crippen molar-refractivity contribution in [3.8, 4) is 0 Å². The van der Waals surface area contributed by atoms with Crippen molar-refractivity contribution in [3.63, 3.8) is 0 Å². The Balaban J connectivity index is 1.29. The van der Waals surface area contributed by atoms with E-state index in [1.807, 2.05) is 18.5 Å². The molecule has 110 valence electrons. The molecule has 2 aromatic rings. The fourth-order valence-electron chi connectivity index (χ4n) is 3.83. The molecule has 21 heavy (non-hydrogen) atoms. The largest absolute Gasteiger partial charge is 0.298 e. The van der Waals surface area contributed by atoms with Crippen LogP contribution in [0.4, 0.5) is 0 Å². The van der Waals surface area contributed by atoms with E-state index in [2.05, 4.69) is 37.7 Å². The summed E-state index contributed by atoms with van der Waals surface area (Å²) in [6.07, 6.45) is 5.20. The number of aromatic nitrogens is 1. The molecule has 1 spiro atoms. The van der Waals surface area contributed by atoms with Crippen LogP contribution in [0.15, 0.2) is 41.4 Å². The van der Waals surface area contributed by atoms with Crippen molar-refractivity contribution in [1.82, 2.24) is 14.8 Å². The Bertz CT molecular complexity index is 575. The third-order valence-electron chi connectivity index (χ3n) is 4.75. The van der Waals surface area contributed by atoms with Crippen LogP contribution in [-0.2, 0) is 13.1 Å². The van der Waals surface area contributed by atoms with E-state index in [9.17, 15) is 0 Å². The summed E-state index contributed by atoms with van der Waals surface area (Å²) in [7, 11) is 0. The summed E-state index contributed by atoms with van der Waals surface area (Å²) in [4.78, 5) is 9.41. The zero-order valence-corrected chi connectivity index (χ0v) is 13.1. The molecule has 0 aromatic carbocycles. The highest BCUT2D eigenvalue weighted by Crippen LogP contribution is 2.40. The maximum Gasteiger partial charge on any atom is 0.0312 e. The minimum Gasteiger partial charge on any atom is -0.298 e. The Labute approximate surface area is 130 Å². The second-order valence-corrected chi connectivity index (χ2v) is 7.38. The van der Waals surface area contributed by atoms with Crippen molar-refractivity contribution in [1.29, 1.82) is 0 Å². The van der Waals surface area contributed by atoms with Gasteiger partial charge < -0.3 is 0 Å². The van der Waals surface area contributed by atoms with Gasteiger partial charge in [0.25, 0.3) is 0 Å². The van der Waals surface area contributed by atoms with Crippen LogP contribution in [0.3, 0.4) is 0 Å². The van der Waals surface area contributed by atoms with Crippen molar-refractivity contribution in [3.05, 3.63) is 52.5 Å². The number of rotatable bonds is 4. The molecule has 0 amide bonds. The van der Waals surface area contributed by atoms with E-state index in [-0.39, 0.29) is 0 Å². The van der Waals surface area contributed by atoms with Gasteiger partial charge in [-0.3, -0.25) is 14.8 Å². The first-order chi connectivity index (χ1) is 10.3. The van der Waals surface area contributed by atoms with Crippen molar-refractivity contribution in [2.24, 2.45) is 5.41 Å². The molecule has 0 saturated carbocycles. The summed E-state index contributed by atoms with van der Waals surface area (Å²) in [5.41, 5.74) is 3.38. The first-order valence-corrected chi connectivity index (χ1v) is 8.60. The lowest BCUT2D eigenvalue weighted by atomic mass is 9.79. The number of hydrogen-bond acceptors (Lipinski definition) is 4. The molecule has 2 aliphatic heterocycles. The molecule has 0 bridgehead atoms. The van der Waals surface area contributed by atoms with Crippen LogP contribution in [0.5, 0.6) is 0 Å². The highest BCUT2D eigenvalue weighted by Gasteiger charge is 2.47. The maximum absolute atomic E-state index is 4.22. The lowest BCUT2D eigenvalue weighted by Gasteiger charge is -2.48. The van der Waals surface area contributed by atoms with Crippen molar-refractivity contribution in [2.45, 2.75) is 19.5 Å². The van der Waals surface area contributed by atoms with Gasteiger partial charge in [-0.15, -0.1) is 0 Å². The maximum atomic E-state index is 4.22. The third-order valence-corrected chi connectivity index (χ3v) is 5.48. The molecule has 2 aromatic heterocycles. The Hall–Kier alpha value is -1.23. The summed E-state index contributed by atoms with van der Waals surface area (Å²) in [6, 6.07) is 6.47. The van der Waals surface area contributed by atoms with E-state index < -0.39 is 0 Å². The first kappa shape index (κ1) is 13.4. The van der Waals surface area contributed by atoms with Gasteiger partial charge in [0.05, 0.1) is 0 Å². The molecule has 0 N–H and O–H groups in total. The molecule has 2 saturated heterocycles. The van der Waals surface area contributed by atoms with Crippen LogP contribution in [0.1, 0.15) is 17.5 Å². The molecule has 2 aliphatic rings. The second-order valence-electron chi connectivity index (χ2n) is 6.60. The van der Waals surface area contributed by atoms with Gasteiger partial charge in [0, 0.05) is 50.5 Å². The van der Waals surface area contributed by atoms with E-state index in [0.717, 1.165) is 13.1 Å². The van der Waals surface area contributed by atoms with Gasteiger partial charge in [-0.25, -0.2) is 0 Å². The minimum atomic E-state index is 0.568. The Morgan fingerprint density at radius 1 is 1.10 bits per heavy atom. The Morgan fingerprint density at radius 3 is 2.71 bits per heavy atom. The zero-order chi connectivity index (χ0) is 14.1. The summed E-state index contributed by atoms with van der Waals surface area (Å²) in [6.45, 7) is 7.22. The first-order valence-electron chi connectivity index (χ1n) is 7.66. The fourth-order valence-corrected chi connectivity index (χ4v) is 4.49. The van der Waals surface area contributed by atoms with E-state index in [0.29, 0.717) is 5.41 Å². The lowest BCUT2D eigenvalue weighted by molar-refractivity contribution is 0.00169. The van der Waals surface area contributed by atoms with Crippen LogP contribution in [0, 0.1) is 5.41 Å². The van der Waals surface area contributed by atoms with Gasteiger partial charge in [0.15, 0.2) is 0 Å². The quantitative estimate of drug-likeness (QED) is 0.865. The van der Waals surface area contributed by atoms with Gasteiger partial charge in [-0.05, 0) is 47.0 Å². The molecule has 4 heterocycles. The third kappa shape index (κ3) is 2.89. The van der Waals surface area contributed by atoms with Crippen LogP contribution in [0.2, 0.25) is 0 Å². The minimum absolute atomic E-state index is 0.568. The highest BCUT2D eigenvalue weighted by atomic mass is 32.1. The topological polar surface area (TPSA) is 19.4 Å². The van der Waals surface area contributed by atoms with Crippen molar-refractivity contribution in [2.75, 3.05) is 26.2 Å². The van der Waals surface area contributed by atoms with Crippen LogP contribution >= 0.6 is 11.3 Å². The molecule has 0 aliphatic carbocycles. The summed E-state index contributed by atoms with van der Waals surface area (Å²) in [5.74, 6) is 0. The summed E-state index contributed by atoms with van der Waals surface area (Å²) in [5, 5.41) is 4.45. The van der Waals surface area contributed by atoms with Gasteiger partial charge >= 0.3 is 0 Å². The Kier molecular flexibility index (Phi) is 3.53. The fraction of sp³-hybridized carbons (Fsp3) is 0.471. The van der Waals surface area contributed by atoms with E-state index in [1.54, 1.807) is 11.3 Å². The van der Waals surface area contributed by atoms with Crippen LogP contribution < -0.4 is 0 Å². The predicted molar refractivity (Wildman–Crippen MR) is 86.2 cm³/mol. The molecule has 0 unspecified atom stereocenters. The number of nitrogens with zero attached hydrogens (tertiary/aromatic N) is 3. The zero-order valence-electron chi connectivity index (χ0n) is 12.2. The Morgan fingerprint density at radius 2 is 1.95 bits per heavy atom. The summed E-state index contributed by atoms with van der Waals surface area (Å²) < 4.78 is 0. The second kappa shape index (κ2) is 5.52. The van der Waals surface area contributed by atoms with E-state index in [4.69, 9.17) is 0 Å². The standard InChI is InChI=1S/C17H21N3S/c1-2-15(8-18-5-1)9-19-6-4-17(12-19)13-20(14-17)10-16-3-7-21-11-16/h1-3,5,7-8,11H,4,6,9-10,12-14H2. The van der Waals surface area contributed by atoms with Crippen molar-refractivity contribution < 1.29 is 0 Å². The molecular formula is C17H21N3S. The number of likely N-dealkylation sites (tertiary alicyclic amines) is 2. The van der Waals surface area contributed by atoms with E-state index in [1.165, 1.54) is 43.7 Å². The smallest absolute Gasteiger partial charge is 0.0312 e. The predicted octanol–water partition coefficient (Wildman–Crippen LogP) is 2.85. The van der Waals surface area contributed by atoms with Crippen LogP contribution in [-0.4, -0.2) is 41.0 Å². The average molecular weight is 299 g/mol. The molecule has 3 nitrogen and oxygen atoms in total. The molecular weight excluding hydrogens is 278 g/mol. The number of hydrogen-bond donors (Lipinski definition) is 0. The van der Waals surface area contributed by atoms with Gasteiger partial charge in [0.2, 0.25) is 0 Å². The lowest BCUT2D eigenvalue weighted by Crippen LogP contribution is -2.56. The molecule has 4 rings (SSSR count). The molecule has 4 heteroatoms. The number of pyridine rings is 1.